The molecule has 0 saturated heterocycles. The van der Waals surface area contributed by atoms with Crippen molar-refractivity contribution in [2.24, 2.45) is 17.8 Å². The molecule has 0 aliphatic heterocycles. The van der Waals surface area contributed by atoms with E-state index in [0.29, 0.717) is 10.0 Å². The zero-order valence-corrected chi connectivity index (χ0v) is 13.3. The molecule has 1 aromatic rings. The molecule has 3 atom stereocenters. The number of amides is 1. The van der Waals surface area contributed by atoms with E-state index in [-0.39, 0.29) is 17.9 Å². The zero-order valence-electron chi connectivity index (χ0n) is 11.8. The molecule has 2 nitrogen and oxygen atoms in total. The third-order valence-electron chi connectivity index (χ3n) is 4.93. The largest absolute Gasteiger partial charge is 0.339 e. The van der Waals surface area contributed by atoms with Crippen molar-refractivity contribution in [2.75, 3.05) is 7.05 Å². The van der Waals surface area contributed by atoms with Crippen LogP contribution in [-0.4, -0.2) is 17.9 Å². The third-order valence-corrected chi connectivity index (χ3v) is 5.50. The van der Waals surface area contributed by atoms with Crippen LogP contribution in [0.15, 0.2) is 18.2 Å². The number of hydrogen-bond donors (Lipinski definition) is 0. The summed E-state index contributed by atoms with van der Waals surface area (Å²) < 4.78 is 0. The molecule has 0 N–H and O–H groups in total. The average molecular weight is 312 g/mol. The topological polar surface area (TPSA) is 20.3 Å². The van der Waals surface area contributed by atoms with Crippen LogP contribution in [-0.2, 0) is 4.79 Å². The van der Waals surface area contributed by atoms with Crippen molar-refractivity contribution < 1.29 is 4.79 Å². The molecule has 1 aromatic carbocycles. The molecule has 0 spiro atoms. The number of carbonyl (C=O) groups is 1. The predicted molar refractivity (Wildman–Crippen MR) is 82.0 cm³/mol. The van der Waals surface area contributed by atoms with Crippen LogP contribution in [0.25, 0.3) is 0 Å². The molecule has 1 amide bonds. The molecule has 0 radical (unpaired) electrons. The van der Waals surface area contributed by atoms with Gasteiger partial charge in [0.25, 0.3) is 0 Å². The van der Waals surface area contributed by atoms with Gasteiger partial charge in [0.15, 0.2) is 0 Å². The summed E-state index contributed by atoms with van der Waals surface area (Å²) in [6.45, 7) is 2.02. The number of rotatable bonds is 3. The SMILES string of the molecule is CC(c1ccc(Cl)cc1Cl)N(C)C(=O)C1CC2CC2C1. The van der Waals surface area contributed by atoms with Gasteiger partial charge in [0, 0.05) is 23.0 Å². The summed E-state index contributed by atoms with van der Waals surface area (Å²) in [7, 11) is 1.88. The minimum atomic E-state index is -0.0239. The van der Waals surface area contributed by atoms with Gasteiger partial charge in [-0.3, -0.25) is 4.79 Å². The number of carbonyl (C=O) groups excluding carboxylic acids is 1. The van der Waals surface area contributed by atoms with Gasteiger partial charge >= 0.3 is 0 Å². The Labute approximate surface area is 130 Å². The van der Waals surface area contributed by atoms with E-state index in [1.165, 1.54) is 6.42 Å². The summed E-state index contributed by atoms with van der Waals surface area (Å²) in [6, 6.07) is 5.44. The van der Waals surface area contributed by atoms with Crippen LogP contribution in [0, 0.1) is 17.8 Å². The zero-order chi connectivity index (χ0) is 14.4. The number of hydrogen-bond acceptors (Lipinski definition) is 1. The van der Waals surface area contributed by atoms with E-state index >= 15 is 0 Å². The first-order valence-electron chi connectivity index (χ1n) is 7.19. The molecule has 4 heteroatoms. The van der Waals surface area contributed by atoms with Crippen LogP contribution < -0.4 is 0 Å². The quantitative estimate of drug-likeness (QED) is 0.801. The summed E-state index contributed by atoms with van der Waals surface area (Å²) in [5.41, 5.74) is 0.954. The van der Waals surface area contributed by atoms with E-state index < -0.39 is 0 Å². The molecule has 3 rings (SSSR count). The lowest BCUT2D eigenvalue weighted by atomic mass is 10.00. The summed E-state index contributed by atoms with van der Waals surface area (Å²) in [5.74, 6) is 2.13. The predicted octanol–water partition coefficient (Wildman–Crippen LogP) is 4.56. The van der Waals surface area contributed by atoms with Gasteiger partial charge in [0.1, 0.15) is 0 Å². The molecule has 3 unspecified atom stereocenters. The van der Waals surface area contributed by atoms with Gasteiger partial charge in [-0.15, -0.1) is 0 Å². The second-order valence-corrected chi connectivity index (χ2v) is 7.06. The fourth-order valence-electron chi connectivity index (χ4n) is 3.44. The Morgan fingerprint density at radius 2 is 1.90 bits per heavy atom. The lowest BCUT2D eigenvalue weighted by molar-refractivity contribution is -0.136. The monoisotopic (exact) mass is 311 g/mol. The van der Waals surface area contributed by atoms with Crippen molar-refractivity contribution in [3.63, 3.8) is 0 Å². The molecule has 0 heterocycles. The number of benzene rings is 1. The maximum Gasteiger partial charge on any atom is 0.225 e. The standard InChI is InChI=1S/C16H19Cl2NO/c1-9(14-4-3-13(17)8-15(14)18)19(2)16(20)12-6-10-5-11(10)7-12/h3-4,8-12H,5-7H2,1-2H3. The summed E-state index contributed by atoms with van der Waals surface area (Å²) >= 11 is 12.2. The highest BCUT2D eigenvalue weighted by atomic mass is 35.5. The van der Waals surface area contributed by atoms with Gasteiger partial charge in [-0.1, -0.05) is 29.3 Å². The normalized spacial score (nSPS) is 28.9. The highest BCUT2D eigenvalue weighted by Gasteiger charge is 2.48. The second kappa shape index (κ2) is 5.23. The first-order chi connectivity index (χ1) is 9.47. The molecule has 20 heavy (non-hydrogen) atoms. The second-order valence-electron chi connectivity index (χ2n) is 6.22. The Kier molecular flexibility index (Phi) is 3.72. The Morgan fingerprint density at radius 1 is 1.25 bits per heavy atom. The number of halogens is 2. The van der Waals surface area contributed by atoms with E-state index in [4.69, 9.17) is 23.2 Å². The first-order valence-corrected chi connectivity index (χ1v) is 7.94. The van der Waals surface area contributed by atoms with Crippen LogP contribution in [0.4, 0.5) is 0 Å². The van der Waals surface area contributed by atoms with E-state index in [9.17, 15) is 4.79 Å². The molecule has 2 fully saturated rings. The maximum atomic E-state index is 12.6. The molecule has 108 valence electrons. The van der Waals surface area contributed by atoms with Gasteiger partial charge in [-0.25, -0.2) is 0 Å². The average Bonchev–Trinajstić information content (AvgIpc) is 3.03. The highest BCUT2D eigenvalue weighted by molar-refractivity contribution is 6.35. The van der Waals surface area contributed by atoms with Crippen molar-refractivity contribution in [1.82, 2.24) is 4.90 Å². The Balaban J connectivity index is 1.72. The van der Waals surface area contributed by atoms with Crippen molar-refractivity contribution in [3.8, 4) is 0 Å². The van der Waals surface area contributed by atoms with Gasteiger partial charge < -0.3 is 4.90 Å². The van der Waals surface area contributed by atoms with Crippen LogP contribution >= 0.6 is 23.2 Å². The molecule has 2 aliphatic carbocycles. The number of nitrogens with zero attached hydrogens (tertiary/aromatic N) is 1. The smallest absolute Gasteiger partial charge is 0.225 e. The summed E-state index contributed by atoms with van der Waals surface area (Å²) in [4.78, 5) is 14.4. The van der Waals surface area contributed by atoms with E-state index in [1.807, 2.05) is 31.0 Å². The van der Waals surface area contributed by atoms with Crippen LogP contribution in [0.3, 0.4) is 0 Å². The number of fused-ring (bicyclic) bond motifs is 1. The minimum absolute atomic E-state index is 0.0239. The molecule has 0 bridgehead atoms. The van der Waals surface area contributed by atoms with Crippen LogP contribution in [0.1, 0.15) is 37.8 Å². The maximum absolute atomic E-state index is 12.6. The van der Waals surface area contributed by atoms with E-state index in [1.54, 1.807) is 6.07 Å². The van der Waals surface area contributed by atoms with Gasteiger partial charge in [-0.2, -0.15) is 0 Å². The summed E-state index contributed by atoms with van der Waals surface area (Å²) in [5, 5.41) is 1.25. The summed E-state index contributed by atoms with van der Waals surface area (Å²) in [6.07, 6.45) is 3.50. The van der Waals surface area contributed by atoms with Crippen molar-refractivity contribution in [1.29, 1.82) is 0 Å². The first kappa shape index (κ1) is 14.2. The molecular formula is C16H19Cl2NO. The Bertz CT molecular complexity index is 535. The van der Waals surface area contributed by atoms with Crippen molar-refractivity contribution >= 4 is 29.1 Å². The third kappa shape index (κ3) is 2.56. The van der Waals surface area contributed by atoms with Gasteiger partial charge in [0.2, 0.25) is 5.91 Å². The molecule has 0 aromatic heterocycles. The van der Waals surface area contributed by atoms with Crippen molar-refractivity contribution in [2.45, 2.75) is 32.2 Å². The van der Waals surface area contributed by atoms with Crippen LogP contribution in [0.2, 0.25) is 10.0 Å². The van der Waals surface area contributed by atoms with Gasteiger partial charge in [-0.05, 0) is 55.7 Å². The lowest BCUT2D eigenvalue weighted by Gasteiger charge is -2.29. The lowest BCUT2D eigenvalue weighted by Crippen LogP contribution is -2.34. The fraction of sp³-hybridized carbons (Fsp3) is 0.562. The molecule has 2 aliphatic rings. The van der Waals surface area contributed by atoms with E-state index in [0.717, 1.165) is 30.2 Å². The Hall–Kier alpha value is -0.730. The van der Waals surface area contributed by atoms with Gasteiger partial charge in [0.05, 0.1) is 6.04 Å². The molecular weight excluding hydrogens is 293 g/mol. The van der Waals surface area contributed by atoms with Crippen LogP contribution in [0.5, 0.6) is 0 Å². The minimum Gasteiger partial charge on any atom is -0.339 e. The highest BCUT2D eigenvalue weighted by Crippen LogP contribution is 2.54. The van der Waals surface area contributed by atoms with E-state index in [2.05, 4.69) is 0 Å². The Morgan fingerprint density at radius 3 is 2.50 bits per heavy atom. The van der Waals surface area contributed by atoms with Crippen molar-refractivity contribution in [3.05, 3.63) is 33.8 Å². The molecule has 2 saturated carbocycles. The fourth-order valence-corrected chi connectivity index (χ4v) is 4.01.